The zero-order valence-corrected chi connectivity index (χ0v) is 18.0. The lowest BCUT2D eigenvalue weighted by Gasteiger charge is -2.11. The topological polar surface area (TPSA) is 101 Å². The van der Waals surface area contributed by atoms with Gasteiger partial charge in [-0.25, -0.2) is 4.79 Å². The summed E-state index contributed by atoms with van der Waals surface area (Å²) in [6.45, 7) is 4.26. The summed E-state index contributed by atoms with van der Waals surface area (Å²) in [7, 11) is 0. The second-order valence-electron chi connectivity index (χ2n) is 7.90. The van der Waals surface area contributed by atoms with Gasteiger partial charge in [-0.15, -0.1) is 0 Å². The number of fused-ring (bicyclic) bond motifs is 1. The number of carboxylic acids is 1. The fourth-order valence-corrected chi connectivity index (χ4v) is 3.88. The molecule has 0 saturated carbocycles. The smallest absolute Gasteiger partial charge is 0.335 e. The summed E-state index contributed by atoms with van der Waals surface area (Å²) < 4.78 is 7.25. The van der Waals surface area contributed by atoms with Gasteiger partial charge in [0.15, 0.2) is 0 Å². The standard InChI is InChI=1S/C25H20N4O4/c1-15-11-20(27-33-15)14-28-10-9-19-12-17(3-8-23(19)28)13-22-16(2)26-29(24(22)30)21-6-4-18(5-7-21)25(31)32/h3-13H,14H2,1-2H3,(H,31,32)/b22-13-. The van der Waals surface area contributed by atoms with E-state index >= 15 is 0 Å². The van der Waals surface area contributed by atoms with Gasteiger partial charge in [0.05, 0.1) is 29.1 Å². The van der Waals surface area contributed by atoms with Crippen molar-refractivity contribution in [1.82, 2.24) is 9.72 Å². The molecule has 1 amide bonds. The van der Waals surface area contributed by atoms with Crippen molar-refractivity contribution >= 4 is 40.3 Å². The van der Waals surface area contributed by atoms with Gasteiger partial charge >= 0.3 is 5.97 Å². The van der Waals surface area contributed by atoms with Crippen molar-refractivity contribution < 1.29 is 19.2 Å². The van der Waals surface area contributed by atoms with Gasteiger partial charge in [0.2, 0.25) is 0 Å². The highest BCUT2D eigenvalue weighted by Crippen LogP contribution is 2.27. The molecule has 8 heteroatoms. The van der Waals surface area contributed by atoms with Gasteiger partial charge in [-0.05, 0) is 68.0 Å². The first kappa shape index (κ1) is 20.4. The molecule has 0 bridgehead atoms. The maximum absolute atomic E-state index is 13.0. The Morgan fingerprint density at radius 2 is 1.88 bits per heavy atom. The third-order valence-corrected chi connectivity index (χ3v) is 5.54. The van der Waals surface area contributed by atoms with E-state index in [9.17, 15) is 9.59 Å². The number of hydrogen-bond acceptors (Lipinski definition) is 5. The van der Waals surface area contributed by atoms with Crippen LogP contribution in [0.1, 0.15) is 34.3 Å². The summed E-state index contributed by atoms with van der Waals surface area (Å²) in [6.07, 6.45) is 3.83. The molecular formula is C25H20N4O4. The van der Waals surface area contributed by atoms with E-state index in [1.165, 1.54) is 17.1 Å². The molecule has 0 atom stereocenters. The first-order chi connectivity index (χ1) is 15.9. The van der Waals surface area contributed by atoms with Gasteiger partial charge < -0.3 is 14.2 Å². The summed E-state index contributed by atoms with van der Waals surface area (Å²) in [5, 5.41) is 19.8. The number of benzene rings is 2. The Morgan fingerprint density at radius 3 is 2.58 bits per heavy atom. The van der Waals surface area contributed by atoms with Crippen molar-refractivity contribution in [3.63, 3.8) is 0 Å². The molecule has 5 rings (SSSR count). The lowest BCUT2D eigenvalue weighted by Crippen LogP contribution is -2.21. The van der Waals surface area contributed by atoms with Crippen molar-refractivity contribution in [2.75, 3.05) is 5.01 Å². The number of hydrazone groups is 1. The Hall–Kier alpha value is -4.46. The van der Waals surface area contributed by atoms with E-state index in [2.05, 4.69) is 14.8 Å². The number of aromatic carboxylic acids is 1. The van der Waals surface area contributed by atoms with Crippen molar-refractivity contribution in [3.05, 3.63) is 88.9 Å². The van der Waals surface area contributed by atoms with Crippen molar-refractivity contribution in [2.24, 2.45) is 5.10 Å². The second-order valence-corrected chi connectivity index (χ2v) is 7.90. The first-order valence-electron chi connectivity index (χ1n) is 10.4. The van der Waals surface area contributed by atoms with E-state index in [1.54, 1.807) is 19.1 Å². The average Bonchev–Trinajstić information content (AvgIpc) is 3.48. The number of carboxylic acid groups (broad SMARTS) is 1. The lowest BCUT2D eigenvalue weighted by atomic mass is 10.1. The molecule has 1 aliphatic rings. The van der Waals surface area contributed by atoms with E-state index in [0.717, 1.165) is 27.9 Å². The number of amides is 1. The molecule has 1 N–H and O–H groups in total. The molecule has 0 saturated heterocycles. The van der Waals surface area contributed by atoms with Gasteiger partial charge in [0, 0.05) is 23.2 Å². The Bertz CT molecular complexity index is 1460. The quantitative estimate of drug-likeness (QED) is 0.461. The molecule has 4 aromatic rings. The van der Waals surface area contributed by atoms with Crippen LogP contribution in [0.5, 0.6) is 0 Å². The molecule has 164 valence electrons. The SMILES string of the molecule is CC1=NN(c2ccc(C(=O)O)cc2)C(=O)/C1=C\c1ccc2c(ccn2Cc2cc(C)on2)c1. The van der Waals surface area contributed by atoms with Gasteiger partial charge in [0.25, 0.3) is 5.91 Å². The monoisotopic (exact) mass is 440 g/mol. The van der Waals surface area contributed by atoms with Crippen molar-refractivity contribution in [1.29, 1.82) is 0 Å². The summed E-state index contributed by atoms with van der Waals surface area (Å²) in [5.74, 6) is -0.495. The van der Waals surface area contributed by atoms with E-state index in [1.807, 2.05) is 49.5 Å². The molecule has 0 aliphatic carbocycles. The van der Waals surface area contributed by atoms with Crippen LogP contribution in [0.4, 0.5) is 5.69 Å². The second kappa shape index (κ2) is 7.90. The van der Waals surface area contributed by atoms with E-state index in [0.29, 0.717) is 23.5 Å². The molecule has 0 unspecified atom stereocenters. The van der Waals surface area contributed by atoms with Gasteiger partial charge in [0.1, 0.15) is 11.5 Å². The van der Waals surface area contributed by atoms with Crippen LogP contribution in [0, 0.1) is 6.92 Å². The van der Waals surface area contributed by atoms with Crippen LogP contribution in [0.3, 0.4) is 0 Å². The largest absolute Gasteiger partial charge is 0.478 e. The fraction of sp³-hybridized carbons (Fsp3) is 0.120. The van der Waals surface area contributed by atoms with E-state index in [-0.39, 0.29) is 11.5 Å². The van der Waals surface area contributed by atoms with Crippen LogP contribution >= 0.6 is 0 Å². The number of rotatable bonds is 5. The summed E-state index contributed by atoms with van der Waals surface area (Å²) in [5.41, 5.74) is 4.57. The van der Waals surface area contributed by atoms with Crippen LogP contribution in [-0.2, 0) is 11.3 Å². The number of hydrogen-bond donors (Lipinski definition) is 1. The highest BCUT2D eigenvalue weighted by Gasteiger charge is 2.28. The highest BCUT2D eigenvalue weighted by atomic mass is 16.5. The zero-order valence-electron chi connectivity index (χ0n) is 18.0. The molecule has 0 radical (unpaired) electrons. The Labute approximate surface area is 189 Å². The van der Waals surface area contributed by atoms with E-state index < -0.39 is 5.97 Å². The average molecular weight is 440 g/mol. The maximum Gasteiger partial charge on any atom is 0.335 e. The zero-order chi connectivity index (χ0) is 23.1. The molecule has 1 aliphatic heterocycles. The minimum atomic E-state index is -1.02. The number of carbonyl (C=O) groups is 2. The van der Waals surface area contributed by atoms with Crippen LogP contribution in [0.2, 0.25) is 0 Å². The van der Waals surface area contributed by atoms with Gasteiger partial charge in [-0.2, -0.15) is 10.1 Å². The summed E-state index contributed by atoms with van der Waals surface area (Å²) >= 11 is 0. The number of carbonyl (C=O) groups excluding carboxylic acids is 1. The highest BCUT2D eigenvalue weighted by molar-refractivity contribution is 6.32. The van der Waals surface area contributed by atoms with Crippen molar-refractivity contribution in [3.8, 4) is 0 Å². The third kappa shape index (κ3) is 3.82. The van der Waals surface area contributed by atoms with Crippen LogP contribution in [0.15, 0.2) is 76.0 Å². The lowest BCUT2D eigenvalue weighted by molar-refractivity contribution is -0.114. The van der Waals surface area contributed by atoms with Crippen LogP contribution in [0.25, 0.3) is 17.0 Å². The number of nitrogens with zero attached hydrogens (tertiary/aromatic N) is 4. The van der Waals surface area contributed by atoms with Gasteiger partial charge in [-0.1, -0.05) is 11.2 Å². The predicted octanol–water partition coefficient (Wildman–Crippen LogP) is 4.49. The number of anilines is 1. The first-order valence-corrected chi connectivity index (χ1v) is 10.4. The summed E-state index contributed by atoms with van der Waals surface area (Å²) in [4.78, 5) is 24.1. The number of aromatic nitrogens is 2. The number of aryl methyl sites for hydroxylation is 1. The van der Waals surface area contributed by atoms with Crippen molar-refractivity contribution in [2.45, 2.75) is 20.4 Å². The minimum absolute atomic E-state index is 0.154. The molecule has 0 spiro atoms. The molecule has 2 aromatic heterocycles. The molecule has 0 fully saturated rings. The van der Waals surface area contributed by atoms with Crippen LogP contribution in [-0.4, -0.2) is 32.4 Å². The Morgan fingerprint density at radius 1 is 1.09 bits per heavy atom. The maximum atomic E-state index is 13.0. The Balaban J connectivity index is 1.40. The molecule has 33 heavy (non-hydrogen) atoms. The summed E-state index contributed by atoms with van der Waals surface area (Å²) in [6, 6.07) is 16.0. The Kier molecular flexibility index (Phi) is 4.90. The minimum Gasteiger partial charge on any atom is -0.478 e. The fourth-order valence-electron chi connectivity index (χ4n) is 3.88. The van der Waals surface area contributed by atoms with Crippen LogP contribution < -0.4 is 5.01 Å². The van der Waals surface area contributed by atoms with Gasteiger partial charge in [-0.3, -0.25) is 4.79 Å². The predicted molar refractivity (Wildman–Crippen MR) is 124 cm³/mol. The molecular weight excluding hydrogens is 420 g/mol. The third-order valence-electron chi connectivity index (χ3n) is 5.54. The normalized spacial score (nSPS) is 15.0. The van der Waals surface area contributed by atoms with E-state index in [4.69, 9.17) is 9.63 Å². The molecule has 2 aromatic carbocycles. The molecule has 8 nitrogen and oxygen atoms in total. The molecule has 3 heterocycles.